The molecule has 0 bridgehead atoms. The summed E-state index contributed by atoms with van der Waals surface area (Å²) in [6.45, 7) is 4.28. The molecule has 0 amide bonds. The number of hydrogen-bond donors (Lipinski definition) is 1. The summed E-state index contributed by atoms with van der Waals surface area (Å²) >= 11 is 0. The Kier molecular flexibility index (Phi) is 62.6. The van der Waals surface area contributed by atoms with Crippen molar-refractivity contribution in [1.29, 1.82) is 0 Å². The van der Waals surface area contributed by atoms with E-state index in [9.17, 15) is 19.0 Å². The molecule has 85 heavy (non-hydrogen) atoms. The highest BCUT2D eigenvalue weighted by molar-refractivity contribution is 7.47. The summed E-state index contributed by atoms with van der Waals surface area (Å²) in [5.41, 5.74) is 0. The third-order valence-electron chi connectivity index (χ3n) is 15.1. The van der Waals surface area contributed by atoms with Crippen LogP contribution in [0.25, 0.3) is 0 Å². The largest absolute Gasteiger partial charge is 0.472 e. The predicted molar refractivity (Wildman–Crippen MR) is 367 cm³/mol. The zero-order valence-corrected chi connectivity index (χ0v) is 56.7. The minimum Gasteiger partial charge on any atom is -0.462 e. The van der Waals surface area contributed by atoms with Crippen molar-refractivity contribution >= 4 is 19.8 Å². The van der Waals surface area contributed by atoms with Gasteiger partial charge in [0.05, 0.1) is 27.7 Å². The van der Waals surface area contributed by atoms with Crippen LogP contribution in [0.2, 0.25) is 0 Å². The number of rotatable bonds is 64. The van der Waals surface area contributed by atoms with Crippen LogP contribution in [0.1, 0.15) is 303 Å². The van der Waals surface area contributed by atoms with E-state index in [0.717, 1.165) is 77.0 Å². The monoisotopic (exact) mass is 1210 g/mol. The molecule has 1 N–H and O–H groups in total. The normalized spacial score (nSPS) is 13.8. The standard InChI is InChI=1S/C75H132NO8P/c1-6-8-10-12-14-16-18-20-22-24-26-28-30-32-34-36-37-38-40-41-43-45-47-49-51-53-55-57-59-61-63-65-67-74(77)81-71-73(72-83-85(79,80)82-70-69-76(3,4)5)84-75(78)68-66-64-62-60-58-56-54-52-50-48-46-44-42-39-35-33-31-29-27-25-23-21-19-17-15-13-11-9-7-2/h9,11,15,17,21,23,27,29,33,35,42,44,48,50,54,56,60,62,73H,6-8,10,12-14,16,18-20,22,24-26,28,30-32,34,36-41,43,45-47,49,51-53,55,57-59,61,63-72H2,1-5H3/p+1/b11-9-,17-15-,23-21-,29-27-,35-33-,44-42-,50-48-,56-54-,62-60-. The van der Waals surface area contributed by atoms with Crippen molar-refractivity contribution in [1.82, 2.24) is 0 Å². The molecule has 0 aromatic heterocycles. The van der Waals surface area contributed by atoms with Crippen molar-refractivity contribution in [3.63, 3.8) is 0 Å². The van der Waals surface area contributed by atoms with Crippen LogP contribution in [0.5, 0.6) is 0 Å². The van der Waals surface area contributed by atoms with Gasteiger partial charge in [-0.1, -0.05) is 322 Å². The molecule has 0 spiro atoms. The first-order chi connectivity index (χ1) is 41.5. The van der Waals surface area contributed by atoms with Crippen LogP contribution in [0.3, 0.4) is 0 Å². The van der Waals surface area contributed by atoms with Crippen molar-refractivity contribution in [3.05, 3.63) is 109 Å². The Labute approximate surface area is 525 Å². The fourth-order valence-corrected chi connectivity index (χ4v) is 10.5. The molecule has 0 aliphatic carbocycles. The predicted octanol–water partition coefficient (Wildman–Crippen LogP) is 22.9. The molecular weight excluding hydrogens is 1070 g/mol. The molecule has 0 aromatic rings. The second-order valence-corrected chi connectivity index (χ2v) is 26.0. The molecule has 0 aliphatic heterocycles. The van der Waals surface area contributed by atoms with E-state index in [0.29, 0.717) is 23.9 Å². The van der Waals surface area contributed by atoms with Crippen LogP contribution in [0.4, 0.5) is 0 Å². The Morgan fingerprint density at radius 3 is 0.988 bits per heavy atom. The molecule has 0 saturated carbocycles. The topological polar surface area (TPSA) is 108 Å². The highest BCUT2D eigenvalue weighted by Gasteiger charge is 2.27. The van der Waals surface area contributed by atoms with Gasteiger partial charge in [0, 0.05) is 12.8 Å². The number of carbonyl (C=O) groups excluding carboxylic acids is 2. The molecule has 0 fully saturated rings. The molecule has 9 nitrogen and oxygen atoms in total. The van der Waals surface area contributed by atoms with Crippen molar-refractivity contribution in [2.24, 2.45) is 0 Å². The van der Waals surface area contributed by atoms with E-state index in [1.165, 1.54) is 186 Å². The van der Waals surface area contributed by atoms with Gasteiger partial charge in [-0.2, -0.15) is 0 Å². The molecule has 0 aliphatic rings. The number of quaternary nitrogens is 1. The Bertz CT molecular complexity index is 1800. The first kappa shape index (κ1) is 81.7. The maximum atomic E-state index is 12.8. The molecule has 490 valence electrons. The molecule has 2 atom stereocenters. The minimum absolute atomic E-state index is 0.0164. The van der Waals surface area contributed by atoms with Crippen LogP contribution in [0.15, 0.2) is 109 Å². The van der Waals surface area contributed by atoms with E-state index < -0.39 is 26.5 Å². The molecule has 0 saturated heterocycles. The highest BCUT2D eigenvalue weighted by atomic mass is 31.2. The Hall–Kier alpha value is -3.33. The van der Waals surface area contributed by atoms with E-state index >= 15 is 0 Å². The average molecular weight is 1210 g/mol. The van der Waals surface area contributed by atoms with Crippen molar-refractivity contribution in [2.75, 3.05) is 47.5 Å². The lowest BCUT2D eigenvalue weighted by atomic mass is 10.0. The van der Waals surface area contributed by atoms with E-state index in [1.54, 1.807) is 0 Å². The smallest absolute Gasteiger partial charge is 0.462 e. The molecule has 2 unspecified atom stereocenters. The van der Waals surface area contributed by atoms with Gasteiger partial charge < -0.3 is 18.9 Å². The maximum Gasteiger partial charge on any atom is 0.472 e. The number of likely N-dealkylation sites (N-methyl/N-ethyl adjacent to an activating group) is 1. The molecule has 0 aromatic carbocycles. The lowest BCUT2D eigenvalue weighted by Gasteiger charge is -2.24. The number of unbranched alkanes of at least 4 members (excludes halogenated alkanes) is 32. The minimum atomic E-state index is -4.41. The number of allylic oxidation sites excluding steroid dienone is 18. The SMILES string of the molecule is CC/C=C\C/C=C\C/C=C\C/C=C\C/C=C\C/C=C\C/C=C\C/C=C\C/C=C\CCCC(=O)OC(COC(=O)CCCCCCCCCCCCCCCCCCCCCCCCCCCCCCCCCC)COP(=O)(O)OCC[N+](C)(C)C. The molecule has 10 heteroatoms. The Morgan fingerprint density at radius 2 is 0.671 bits per heavy atom. The summed E-state index contributed by atoms with van der Waals surface area (Å²) in [6, 6.07) is 0. The lowest BCUT2D eigenvalue weighted by molar-refractivity contribution is -0.870. The quantitative estimate of drug-likeness (QED) is 0.0211. The van der Waals surface area contributed by atoms with E-state index in [-0.39, 0.29) is 32.0 Å². The van der Waals surface area contributed by atoms with Crippen molar-refractivity contribution < 1.29 is 42.1 Å². The second kappa shape index (κ2) is 65.1. The third-order valence-corrected chi connectivity index (χ3v) is 16.1. The zero-order valence-electron chi connectivity index (χ0n) is 55.8. The summed E-state index contributed by atoms with van der Waals surface area (Å²) < 4.78 is 34.6. The van der Waals surface area contributed by atoms with E-state index in [4.69, 9.17) is 18.5 Å². The summed E-state index contributed by atoms with van der Waals surface area (Å²) in [5, 5.41) is 0. The second-order valence-electron chi connectivity index (χ2n) is 24.5. The van der Waals surface area contributed by atoms with Gasteiger partial charge in [0.2, 0.25) is 0 Å². The summed E-state index contributed by atoms with van der Waals surface area (Å²) in [4.78, 5) is 35.8. The summed E-state index contributed by atoms with van der Waals surface area (Å²) in [5.74, 6) is -0.863. The average Bonchev–Trinajstić information content (AvgIpc) is 3.50. The van der Waals surface area contributed by atoms with Gasteiger partial charge in [-0.05, 0) is 77.0 Å². The van der Waals surface area contributed by atoms with Crippen LogP contribution in [0, 0.1) is 0 Å². The third kappa shape index (κ3) is 69.6. The Morgan fingerprint density at radius 1 is 0.376 bits per heavy atom. The summed E-state index contributed by atoms with van der Waals surface area (Å²) in [7, 11) is 1.44. The molecule has 0 rings (SSSR count). The molecule has 0 radical (unpaired) electrons. The van der Waals surface area contributed by atoms with Crippen LogP contribution in [-0.4, -0.2) is 74.9 Å². The first-order valence-corrected chi connectivity index (χ1v) is 36.6. The van der Waals surface area contributed by atoms with Gasteiger partial charge in [-0.25, -0.2) is 4.57 Å². The maximum absolute atomic E-state index is 12.8. The van der Waals surface area contributed by atoms with Gasteiger partial charge in [0.25, 0.3) is 0 Å². The highest BCUT2D eigenvalue weighted by Crippen LogP contribution is 2.43. The van der Waals surface area contributed by atoms with Crippen LogP contribution in [-0.2, 0) is 32.7 Å². The number of hydrogen-bond acceptors (Lipinski definition) is 7. The fraction of sp³-hybridized carbons (Fsp3) is 0.733. The number of esters is 2. The van der Waals surface area contributed by atoms with Crippen molar-refractivity contribution in [3.8, 4) is 0 Å². The van der Waals surface area contributed by atoms with Gasteiger partial charge in [0.15, 0.2) is 6.10 Å². The number of ether oxygens (including phenoxy) is 2. The molecule has 0 heterocycles. The van der Waals surface area contributed by atoms with Gasteiger partial charge in [-0.15, -0.1) is 0 Å². The zero-order chi connectivity index (χ0) is 61.9. The Balaban J connectivity index is 4.13. The van der Waals surface area contributed by atoms with Crippen LogP contribution < -0.4 is 0 Å². The first-order valence-electron chi connectivity index (χ1n) is 35.1. The molecular formula is C75H133NO8P+. The van der Waals surface area contributed by atoms with Gasteiger partial charge >= 0.3 is 19.8 Å². The number of nitrogens with zero attached hydrogens (tertiary/aromatic N) is 1. The van der Waals surface area contributed by atoms with E-state index in [1.807, 2.05) is 21.1 Å². The number of phosphoric acid groups is 1. The number of carbonyl (C=O) groups is 2. The van der Waals surface area contributed by atoms with Crippen molar-refractivity contribution in [2.45, 2.75) is 309 Å². The van der Waals surface area contributed by atoms with E-state index in [2.05, 4.69) is 123 Å². The number of phosphoric ester groups is 1. The van der Waals surface area contributed by atoms with Gasteiger partial charge in [0.1, 0.15) is 19.8 Å². The lowest BCUT2D eigenvalue weighted by Crippen LogP contribution is -2.37. The fourth-order valence-electron chi connectivity index (χ4n) is 9.73. The van der Waals surface area contributed by atoms with Crippen LogP contribution >= 0.6 is 7.82 Å². The summed E-state index contributed by atoms with van der Waals surface area (Å²) in [6.07, 6.45) is 92.2. The van der Waals surface area contributed by atoms with Gasteiger partial charge in [-0.3, -0.25) is 18.6 Å².